The summed E-state index contributed by atoms with van der Waals surface area (Å²) in [5, 5.41) is 8.46. The van der Waals surface area contributed by atoms with Gasteiger partial charge in [0, 0.05) is 13.1 Å². The monoisotopic (exact) mass is 205 g/mol. The first-order valence-electron chi connectivity index (χ1n) is 4.62. The van der Waals surface area contributed by atoms with Crippen molar-refractivity contribution in [2.75, 3.05) is 19.7 Å². The zero-order valence-corrected chi connectivity index (χ0v) is 9.42. The van der Waals surface area contributed by atoms with E-state index in [4.69, 9.17) is 5.11 Å². The molecule has 78 valence electrons. The molecule has 0 aliphatic heterocycles. The highest BCUT2D eigenvalue weighted by molar-refractivity contribution is 7.81. The van der Waals surface area contributed by atoms with Crippen molar-refractivity contribution >= 4 is 18.5 Å². The van der Waals surface area contributed by atoms with E-state index in [1.165, 1.54) is 0 Å². The van der Waals surface area contributed by atoms with Crippen LogP contribution in [0.25, 0.3) is 0 Å². The molecular weight excluding hydrogens is 186 g/mol. The van der Waals surface area contributed by atoms with Crippen LogP contribution < -0.4 is 0 Å². The molecule has 0 aromatic carbocycles. The molecular formula is C9H19NO2S. The summed E-state index contributed by atoms with van der Waals surface area (Å²) in [4.78, 5) is 13.3. The van der Waals surface area contributed by atoms with Crippen LogP contribution in [0.4, 0.5) is 0 Å². The first-order chi connectivity index (χ1) is 6.04. The van der Waals surface area contributed by atoms with Gasteiger partial charge < -0.3 is 10.0 Å². The Morgan fingerprint density at radius 2 is 2.08 bits per heavy atom. The summed E-state index contributed by atoms with van der Waals surface area (Å²) in [6.45, 7) is 6.86. The molecule has 0 radical (unpaired) electrons. The second kappa shape index (κ2) is 6.27. The maximum absolute atomic E-state index is 11.6. The zero-order valence-electron chi connectivity index (χ0n) is 8.53. The number of aliphatic hydroxyl groups is 1. The van der Waals surface area contributed by atoms with Crippen molar-refractivity contribution in [1.82, 2.24) is 4.90 Å². The molecule has 13 heavy (non-hydrogen) atoms. The van der Waals surface area contributed by atoms with Crippen LogP contribution in [-0.4, -0.2) is 40.9 Å². The maximum Gasteiger partial charge on any atom is 0.235 e. The molecule has 0 bridgehead atoms. The van der Waals surface area contributed by atoms with E-state index in [0.717, 1.165) is 0 Å². The lowest BCUT2D eigenvalue weighted by Gasteiger charge is -2.24. The molecule has 0 aliphatic rings. The van der Waals surface area contributed by atoms with Crippen LogP contribution in [0.1, 0.15) is 20.8 Å². The molecule has 1 unspecified atom stereocenters. The van der Waals surface area contributed by atoms with Crippen molar-refractivity contribution in [2.45, 2.75) is 26.0 Å². The molecule has 0 spiro atoms. The number of hydrogen-bond acceptors (Lipinski definition) is 3. The normalized spacial score (nSPS) is 13.1. The topological polar surface area (TPSA) is 40.5 Å². The number of thiol groups is 1. The molecule has 0 aromatic rings. The fourth-order valence-electron chi connectivity index (χ4n) is 1.02. The van der Waals surface area contributed by atoms with Crippen molar-refractivity contribution in [3.8, 4) is 0 Å². The van der Waals surface area contributed by atoms with Crippen molar-refractivity contribution < 1.29 is 9.90 Å². The third kappa shape index (κ3) is 4.00. The van der Waals surface area contributed by atoms with E-state index < -0.39 is 0 Å². The second-order valence-electron chi connectivity index (χ2n) is 3.33. The Labute approximate surface area is 85.5 Å². The molecule has 0 saturated carbocycles. The molecule has 1 amide bonds. The van der Waals surface area contributed by atoms with Crippen molar-refractivity contribution in [1.29, 1.82) is 0 Å². The number of amides is 1. The minimum Gasteiger partial charge on any atom is -0.395 e. The molecule has 1 N–H and O–H groups in total. The Morgan fingerprint density at radius 3 is 2.38 bits per heavy atom. The highest BCUT2D eigenvalue weighted by Crippen LogP contribution is 2.11. The van der Waals surface area contributed by atoms with Gasteiger partial charge in [-0.3, -0.25) is 4.79 Å². The van der Waals surface area contributed by atoms with Gasteiger partial charge in [0.25, 0.3) is 0 Å². The largest absolute Gasteiger partial charge is 0.395 e. The summed E-state index contributed by atoms with van der Waals surface area (Å²) in [6.07, 6.45) is 0. The number of carbonyl (C=O) groups excluding carboxylic acids is 1. The number of nitrogens with zero attached hydrogens (tertiary/aromatic N) is 1. The predicted octanol–water partition coefficient (Wildman–Crippen LogP) is 0.782. The fraction of sp³-hybridized carbons (Fsp3) is 0.889. The van der Waals surface area contributed by atoms with E-state index in [2.05, 4.69) is 12.6 Å². The van der Waals surface area contributed by atoms with Gasteiger partial charge in [-0.2, -0.15) is 12.6 Å². The molecule has 0 aliphatic carbocycles. The van der Waals surface area contributed by atoms with E-state index in [0.29, 0.717) is 13.1 Å². The van der Waals surface area contributed by atoms with E-state index in [1.807, 2.05) is 20.8 Å². The second-order valence-corrected chi connectivity index (χ2v) is 3.89. The number of carbonyl (C=O) groups is 1. The van der Waals surface area contributed by atoms with Crippen LogP contribution in [-0.2, 0) is 4.79 Å². The third-order valence-electron chi connectivity index (χ3n) is 1.95. The van der Waals surface area contributed by atoms with Crippen LogP contribution in [0, 0.1) is 5.92 Å². The van der Waals surface area contributed by atoms with Crippen molar-refractivity contribution in [3.05, 3.63) is 0 Å². The number of hydrogen-bond donors (Lipinski definition) is 2. The smallest absolute Gasteiger partial charge is 0.235 e. The van der Waals surface area contributed by atoms with Crippen molar-refractivity contribution in [3.63, 3.8) is 0 Å². The average Bonchev–Trinajstić information content (AvgIpc) is 2.11. The third-order valence-corrected chi connectivity index (χ3v) is 2.76. The molecule has 0 saturated heterocycles. The van der Waals surface area contributed by atoms with Gasteiger partial charge in [-0.05, 0) is 12.8 Å². The van der Waals surface area contributed by atoms with E-state index >= 15 is 0 Å². The predicted molar refractivity (Wildman–Crippen MR) is 57.0 cm³/mol. The highest BCUT2D eigenvalue weighted by atomic mass is 32.1. The zero-order chi connectivity index (χ0) is 10.4. The first-order valence-corrected chi connectivity index (χ1v) is 5.13. The molecule has 0 heterocycles. The van der Waals surface area contributed by atoms with Gasteiger partial charge in [-0.25, -0.2) is 0 Å². The Morgan fingerprint density at radius 1 is 1.54 bits per heavy atom. The van der Waals surface area contributed by atoms with Crippen LogP contribution >= 0.6 is 12.6 Å². The van der Waals surface area contributed by atoms with Gasteiger partial charge >= 0.3 is 0 Å². The number of aliphatic hydroxyl groups excluding tert-OH is 1. The van der Waals surface area contributed by atoms with Crippen molar-refractivity contribution in [2.24, 2.45) is 5.92 Å². The Kier molecular flexibility index (Phi) is 6.16. The highest BCUT2D eigenvalue weighted by Gasteiger charge is 2.22. The Balaban J connectivity index is 4.19. The SMILES string of the molecule is CCN(CCO)C(=O)C(S)C(C)C. The van der Waals surface area contributed by atoms with Crippen LogP contribution in [0.5, 0.6) is 0 Å². The summed E-state index contributed by atoms with van der Waals surface area (Å²) < 4.78 is 0. The van der Waals surface area contributed by atoms with Gasteiger partial charge in [-0.15, -0.1) is 0 Å². The van der Waals surface area contributed by atoms with E-state index in [9.17, 15) is 4.79 Å². The quantitative estimate of drug-likeness (QED) is 0.651. The molecule has 0 aromatic heterocycles. The lowest BCUT2D eigenvalue weighted by Crippen LogP contribution is -2.40. The standard InChI is InChI=1S/C9H19NO2S/c1-4-10(5-6-11)9(12)8(13)7(2)3/h7-8,11,13H,4-6H2,1-3H3. The van der Waals surface area contributed by atoms with E-state index in [-0.39, 0.29) is 23.7 Å². The van der Waals surface area contributed by atoms with Gasteiger partial charge in [0.15, 0.2) is 0 Å². The molecule has 1 atom stereocenters. The average molecular weight is 205 g/mol. The molecule has 3 nitrogen and oxygen atoms in total. The van der Waals surface area contributed by atoms with Gasteiger partial charge in [-0.1, -0.05) is 13.8 Å². The van der Waals surface area contributed by atoms with Crippen LogP contribution in [0.15, 0.2) is 0 Å². The minimum absolute atomic E-state index is 0.00915. The Bertz CT molecular complexity index is 162. The van der Waals surface area contributed by atoms with Crippen LogP contribution in [0.3, 0.4) is 0 Å². The summed E-state index contributed by atoms with van der Waals surface area (Å²) in [5.41, 5.74) is 0. The summed E-state index contributed by atoms with van der Waals surface area (Å²) >= 11 is 4.23. The molecule has 0 fully saturated rings. The van der Waals surface area contributed by atoms with Crippen LogP contribution in [0.2, 0.25) is 0 Å². The Hall–Kier alpha value is -0.220. The summed E-state index contributed by atoms with van der Waals surface area (Å²) in [5.74, 6) is 0.235. The van der Waals surface area contributed by atoms with Gasteiger partial charge in [0.05, 0.1) is 11.9 Å². The lowest BCUT2D eigenvalue weighted by molar-refractivity contribution is -0.131. The number of rotatable bonds is 5. The summed E-state index contributed by atoms with van der Waals surface area (Å²) in [6, 6.07) is 0. The fourth-order valence-corrected chi connectivity index (χ4v) is 1.18. The maximum atomic E-state index is 11.6. The van der Waals surface area contributed by atoms with Gasteiger partial charge in [0.2, 0.25) is 5.91 Å². The summed E-state index contributed by atoms with van der Waals surface area (Å²) in [7, 11) is 0. The number of likely N-dealkylation sites (N-methyl/N-ethyl adjacent to an activating group) is 1. The molecule has 0 rings (SSSR count). The minimum atomic E-state index is -0.258. The van der Waals surface area contributed by atoms with Gasteiger partial charge in [0.1, 0.15) is 0 Å². The van der Waals surface area contributed by atoms with E-state index in [1.54, 1.807) is 4.90 Å². The molecule has 4 heteroatoms. The first kappa shape index (κ1) is 12.8. The lowest BCUT2D eigenvalue weighted by atomic mass is 10.1.